The van der Waals surface area contributed by atoms with Crippen molar-refractivity contribution in [2.45, 2.75) is 13.0 Å². The number of nitrogens with one attached hydrogen (secondary N) is 1. The molecule has 0 saturated heterocycles. The van der Waals surface area contributed by atoms with E-state index in [9.17, 15) is 24.9 Å². The van der Waals surface area contributed by atoms with E-state index in [-0.39, 0.29) is 37.3 Å². The fourth-order valence-electron chi connectivity index (χ4n) is 3.11. The van der Waals surface area contributed by atoms with E-state index in [0.29, 0.717) is 22.8 Å². The summed E-state index contributed by atoms with van der Waals surface area (Å²) in [5.74, 6) is -0.886. The average Bonchev–Trinajstić information content (AvgIpc) is 2.68. The predicted molar refractivity (Wildman–Crippen MR) is 110 cm³/mol. The lowest BCUT2D eigenvalue weighted by atomic mass is 10.0. The second-order valence-corrected chi connectivity index (χ2v) is 6.85. The van der Waals surface area contributed by atoms with Crippen LogP contribution in [-0.2, 0) is 13.0 Å². The van der Waals surface area contributed by atoms with E-state index in [1.807, 2.05) is 12.1 Å². The van der Waals surface area contributed by atoms with Gasteiger partial charge in [-0.15, -0.1) is 0 Å². The molecule has 1 aromatic carbocycles. The highest BCUT2D eigenvalue weighted by Gasteiger charge is 2.18. The minimum absolute atomic E-state index is 0.0805. The van der Waals surface area contributed by atoms with Crippen molar-refractivity contribution in [1.82, 2.24) is 9.55 Å². The van der Waals surface area contributed by atoms with Crippen LogP contribution in [0.1, 0.15) is 21.5 Å². The molecule has 29 heavy (non-hydrogen) atoms. The van der Waals surface area contributed by atoms with Gasteiger partial charge in [0.25, 0.3) is 0 Å². The van der Waals surface area contributed by atoms with Crippen molar-refractivity contribution in [2.24, 2.45) is 0 Å². The van der Waals surface area contributed by atoms with Crippen molar-refractivity contribution in [2.75, 3.05) is 25.1 Å². The lowest BCUT2D eigenvalue weighted by molar-refractivity contribution is 0.0694. The largest absolute Gasteiger partial charge is 0.477 e. The highest BCUT2D eigenvalue weighted by Crippen LogP contribution is 2.23. The summed E-state index contributed by atoms with van der Waals surface area (Å²) in [4.78, 5) is 28.7. The summed E-state index contributed by atoms with van der Waals surface area (Å²) in [6.07, 6.45) is 1.58. The van der Waals surface area contributed by atoms with Gasteiger partial charge in [-0.2, -0.15) is 0 Å². The SMILES string of the molecule is O=C(O)c1cn(CCO)c2nc(NCCO)c(Cc3cccc(Cl)c3)cc2c1=O. The molecule has 0 aliphatic heterocycles. The molecule has 0 aliphatic rings. The van der Waals surface area contributed by atoms with E-state index in [4.69, 9.17) is 11.6 Å². The van der Waals surface area contributed by atoms with Crippen LogP contribution in [0.3, 0.4) is 0 Å². The maximum absolute atomic E-state index is 12.7. The van der Waals surface area contributed by atoms with Crippen molar-refractivity contribution in [1.29, 1.82) is 0 Å². The van der Waals surface area contributed by atoms with Crippen LogP contribution in [-0.4, -0.2) is 50.6 Å². The van der Waals surface area contributed by atoms with Crippen molar-refractivity contribution < 1.29 is 20.1 Å². The number of aromatic nitrogens is 2. The van der Waals surface area contributed by atoms with Crippen molar-refractivity contribution in [3.63, 3.8) is 0 Å². The number of aliphatic hydroxyl groups excluding tert-OH is 2. The minimum atomic E-state index is -1.34. The fourth-order valence-corrected chi connectivity index (χ4v) is 3.32. The number of hydrogen-bond donors (Lipinski definition) is 4. The Kier molecular flexibility index (Phi) is 6.48. The Morgan fingerprint density at radius 3 is 2.66 bits per heavy atom. The quantitative estimate of drug-likeness (QED) is 0.440. The van der Waals surface area contributed by atoms with Gasteiger partial charge in [-0.05, 0) is 29.3 Å². The molecule has 3 aromatic rings. The smallest absolute Gasteiger partial charge is 0.341 e. The van der Waals surface area contributed by atoms with Crippen LogP contribution in [0.25, 0.3) is 11.0 Å². The molecule has 152 valence electrons. The molecular weight excluding hydrogens is 398 g/mol. The van der Waals surface area contributed by atoms with E-state index in [0.717, 1.165) is 5.56 Å². The van der Waals surface area contributed by atoms with Crippen LogP contribution in [0.5, 0.6) is 0 Å². The molecule has 4 N–H and O–H groups in total. The number of benzene rings is 1. The number of fused-ring (bicyclic) bond motifs is 1. The van der Waals surface area contributed by atoms with Crippen molar-refractivity contribution in [3.8, 4) is 0 Å². The first-order chi connectivity index (χ1) is 13.9. The van der Waals surface area contributed by atoms with Gasteiger partial charge in [0.15, 0.2) is 0 Å². The second kappa shape index (κ2) is 9.04. The molecular formula is C20H20ClN3O5. The number of halogens is 1. The van der Waals surface area contributed by atoms with Crippen LogP contribution in [0.2, 0.25) is 5.02 Å². The number of aliphatic hydroxyl groups is 2. The molecule has 0 unspecified atom stereocenters. The highest BCUT2D eigenvalue weighted by atomic mass is 35.5. The van der Waals surface area contributed by atoms with Gasteiger partial charge in [-0.1, -0.05) is 23.7 Å². The summed E-state index contributed by atoms with van der Waals surface area (Å²) in [7, 11) is 0. The van der Waals surface area contributed by atoms with Gasteiger partial charge in [0.1, 0.15) is 17.0 Å². The van der Waals surface area contributed by atoms with Gasteiger partial charge in [0, 0.05) is 30.7 Å². The van der Waals surface area contributed by atoms with Crippen molar-refractivity contribution >= 4 is 34.4 Å². The summed E-state index contributed by atoms with van der Waals surface area (Å²) >= 11 is 6.06. The highest BCUT2D eigenvalue weighted by molar-refractivity contribution is 6.30. The Labute approximate surface area is 171 Å². The Balaban J connectivity index is 2.23. The van der Waals surface area contributed by atoms with Gasteiger partial charge < -0.3 is 25.2 Å². The monoisotopic (exact) mass is 417 g/mol. The first-order valence-electron chi connectivity index (χ1n) is 8.95. The number of rotatable bonds is 8. The number of anilines is 1. The standard InChI is InChI=1S/C20H20ClN3O5/c21-14-3-1-2-12(9-14)8-13-10-15-17(27)16(20(28)29)11-24(5-7-26)19(15)23-18(13)22-4-6-25/h1-3,9-11,25-26H,4-8H2,(H,22,23)(H,28,29). The zero-order valence-electron chi connectivity index (χ0n) is 15.4. The van der Waals surface area contributed by atoms with Crippen molar-refractivity contribution in [3.05, 3.63) is 68.5 Å². The normalized spacial score (nSPS) is 11.0. The molecule has 2 aromatic heterocycles. The topological polar surface area (TPSA) is 125 Å². The van der Waals surface area contributed by atoms with Crippen LogP contribution in [0, 0.1) is 0 Å². The third-order valence-corrected chi connectivity index (χ3v) is 4.62. The van der Waals surface area contributed by atoms with Gasteiger partial charge in [-0.3, -0.25) is 4.79 Å². The molecule has 0 saturated carbocycles. The summed E-state index contributed by atoms with van der Waals surface area (Å²) in [6.45, 7) is -0.0320. The second-order valence-electron chi connectivity index (χ2n) is 6.42. The van der Waals surface area contributed by atoms with E-state index >= 15 is 0 Å². The number of nitrogens with zero attached hydrogens (tertiary/aromatic N) is 2. The van der Waals surface area contributed by atoms with E-state index in [1.54, 1.807) is 18.2 Å². The van der Waals surface area contributed by atoms with Gasteiger partial charge >= 0.3 is 5.97 Å². The Morgan fingerprint density at radius 2 is 2.00 bits per heavy atom. The first-order valence-corrected chi connectivity index (χ1v) is 9.32. The molecule has 0 fully saturated rings. The molecule has 0 radical (unpaired) electrons. The van der Waals surface area contributed by atoms with E-state index < -0.39 is 17.0 Å². The summed E-state index contributed by atoms with van der Waals surface area (Å²) in [5.41, 5.74) is 0.760. The maximum atomic E-state index is 12.7. The number of carboxylic acids is 1. The van der Waals surface area contributed by atoms with Crippen LogP contribution < -0.4 is 10.7 Å². The Morgan fingerprint density at radius 1 is 1.21 bits per heavy atom. The predicted octanol–water partition coefficient (Wildman–Crippen LogP) is 1.74. The molecule has 0 atom stereocenters. The minimum Gasteiger partial charge on any atom is -0.477 e. The molecule has 0 amide bonds. The third kappa shape index (κ3) is 4.56. The molecule has 0 aliphatic carbocycles. The number of pyridine rings is 2. The Bertz CT molecular complexity index is 1110. The first kappa shape index (κ1) is 20.8. The van der Waals surface area contributed by atoms with Gasteiger partial charge in [-0.25, -0.2) is 9.78 Å². The fraction of sp³-hybridized carbons (Fsp3) is 0.250. The summed E-state index contributed by atoms with van der Waals surface area (Å²) in [6, 6.07) is 8.83. The molecule has 2 heterocycles. The van der Waals surface area contributed by atoms with Crippen LogP contribution >= 0.6 is 11.6 Å². The van der Waals surface area contributed by atoms with Gasteiger partial charge in [0.05, 0.1) is 18.6 Å². The Hall–Kier alpha value is -2.94. The van der Waals surface area contributed by atoms with Crippen LogP contribution in [0.4, 0.5) is 5.82 Å². The zero-order chi connectivity index (χ0) is 21.0. The third-order valence-electron chi connectivity index (χ3n) is 4.39. The average molecular weight is 418 g/mol. The molecule has 0 spiro atoms. The molecule has 9 heteroatoms. The zero-order valence-corrected chi connectivity index (χ0v) is 16.2. The summed E-state index contributed by atoms with van der Waals surface area (Å²) < 4.78 is 1.44. The van der Waals surface area contributed by atoms with Gasteiger partial charge in [0.2, 0.25) is 5.43 Å². The number of hydrogen-bond acceptors (Lipinski definition) is 6. The van der Waals surface area contributed by atoms with E-state index in [1.165, 1.54) is 10.8 Å². The molecule has 0 bridgehead atoms. The molecule has 3 rings (SSSR count). The lowest BCUT2D eigenvalue weighted by Crippen LogP contribution is -2.21. The lowest BCUT2D eigenvalue weighted by Gasteiger charge is -2.16. The molecule has 8 nitrogen and oxygen atoms in total. The number of carboxylic acid groups (broad SMARTS) is 1. The number of aromatic carboxylic acids is 1. The van der Waals surface area contributed by atoms with Crippen LogP contribution in [0.15, 0.2) is 41.3 Å². The van der Waals surface area contributed by atoms with E-state index in [2.05, 4.69) is 10.3 Å². The number of carbonyl (C=O) groups is 1. The summed E-state index contributed by atoms with van der Waals surface area (Å²) in [5, 5.41) is 31.6. The maximum Gasteiger partial charge on any atom is 0.341 e.